The Morgan fingerprint density at radius 3 is 2.57 bits per heavy atom. The van der Waals surface area contributed by atoms with Crippen molar-refractivity contribution in [1.82, 2.24) is 5.32 Å². The van der Waals surface area contributed by atoms with E-state index in [1.165, 1.54) is 12.8 Å². The van der Waals surface area contributed by atoms with Crippen LogP contribution < -0.4 is 5.32 Å². The van der Waals surface area contributed by atoms with Gasteiger partial charge in [0.15, 0.2) is 0 Å². The number of aliphatic hydroxyl groups excluding tert-OH is 1. The fraction of sp³-hybridized carbons (Fsp3) is 0.833. The molecule has 1 aliphatic carbocycles. The van der Waals surface area contributed by atoms with Crippen molar-refractivity contribution in [1.29, 1.82) is 0 Å². The molecule has 0 aromatic carbocycles. The van der Waals surface area contributed by atoms with Gasteiger partial charge in [0, 0.05) is 5.54 Å². The first kappa shape index (κ1) is 11.6. The van der Waals surface area contributed by atoms with Crippen LogP contribution in [-0.2, 0) is 0 Å². The van der Waals surface area contributed by atoms with Gasteiger partial charge in [-0.15, -0.1) is 5.92 Å². The standard InChI is InChI=1S/C12H21NO/c1-3-4-9-13-12(10-14)7-5-11(2)6-8-12/h11,13-14H,5-10H2,1-2H3. The summed E-state index contributed by atoms with van der Waals surface area (Å²) in [6, 6.07) is 0. The SMILES string of the molecule is CC#CCNC1(CO)CCC(C)CC1. The zero-order valence-electron chi connectivity index (χ0n) is 9.27. The average Bonchev–Trinajstić information content (AvgIpc) is 2.22. The lowest BCUT2D eigenvalue weighted by atomic mass is 9.77. The van der Waals surface area contributed by atoms with Crippen molar-refractivity contribution >= 4 is 0 Å². The van der Waals surface area contributed by atoms with E-state index in [0.717, 1.165) is 18.8 Å². The Morgan fingerprint density at radius 2 is 2.07 bits per heavy atom. The molecule has 0 unspecified atom stereocenters. The third-order valence-electron chi connectivity index (χ3n) is 3.26. The molecule has 1 fully saturated rings. The first-order chi connectivity index (χ1) is 6.72. The van der Waals surface area contributed by atoms with E-state index in [2.05, 4.69) is 24.1 Å². The van der Waals surface area contributed by atoms with Gasteiger partial charge in [0.25, 0.3) is 0 Å². The van der Waals surface area contributed by atoms with Crippen molar-refractivity contribution in [3.05, 3.63) is 0 Å². The predicted molar refractivity (Wildman–Crippen MR) is 58.9 cm³/mol. The van der Waals surface area contributed by atoms with Crippen molar-refractivity contribution in [3.63, 3.8) is 0 Å². The van der Waals surface area contributed by atoms with E-state index in [1.54, 1.807) is 0 Å². The molecule has 0 amide bonds. The highest BCUT2D eigenvalue weighted by molar-refractivity contribution is 5.01. The monoisotopic (exact) mass is 195 g/mol. The minimum Gasteiger partial charge on any atom is -0.394 e. The smallest absolute Gasteiger partial charge is 0.0613 e. The Kier molecular flexibility index (Phi) is 4.44. The second kappa shape index (κ2) is 5.38. The molecule has 0 saturated heterocycles. The topological polar surface area (TPSA) is 32.3 Å². The van der Waals surface area contributed by atoms with Gasteiger partial charge in [-0.2, -0.15) is 0 Å². The van der Waals surface area contributed by atoms with E-state index < -0.39 is 0 Å². The van der Waals surface area contributed by atoms with Crippen LogP contribution in [0.1, 0.15) is 39.5 Å². The Bertz CT molecular complexity index is 218. The van der Waals surface area contributed by atoms with Gasteiger partial charge >= 0.3 is 0 Å². The van der Waals surface area contributed by atoms with E-state index in [1.807, 2.05) is 6.92 Å². The number of nitrogens with one attached hydrogen (secondary N) is 1. The van der Waals surface area contributed by atoms with E-state index in [9.17, 15) is 5.11 Å². The van der Waals surface area contributed by atoms with E-state index >= 15 is 0 Å². The lowest BCUT2D eigenvalue weighted by molar-refractivity contribution is 0.110. The quantitative estimate of drug-likeness (QED) is 0.670. The van der Waals surface area contributed by atoms with Gasteiger partial charge in [0.1, 0.15) is 0 Å². The van der Waals surface area contributed by atoms with Crippen LogP contribution in [0.5, 0.6) is 0 Å². The van der Waals surface area contributed by atoms with Crippen molar-refractivity contribution in [2.24, 2.45) is 5.92 Å². The molecule has 0 bridgehead atoms. The molecular weight excluding hydrogens is 174 g/mol. The van der Waals surface area contributed by atoms with Gasteiger partial charge in [-0.05, 0) is 38.5 Å². The van der Waals surface area contributed by atoms with Crippen LogP contribution in [0, 0.1) is 17.8 Å². The first-order valence-electron chi connectivity index (χ1n) is 5.48. The van der Waals surface area contributed by atoms with Crippen molar-refractivity contribution < 1.29 is 5.11 Å². The number of hydrogen-bond acceptors (Lipinski definition) is 2. The Morgan fingerprint density at radius 1 is 1.43 bits per heavy atom. The minimum atomic E-state index is -0.0453. The third kappa shape index (κ3) is 3.01. The van der Waals surface area contributed by atoms with E-state index in [-0.39, 0.29) is 12.1 Å². The third-order valence-corrected chi connectivity index (χ3v) is 3.26. The Hall–Kier alpha value is -0.520. The van der Waals surface area contributed by atoms with Gasteiger partial charge in [-0.1, -0.05) is 12.8 Å². The summed E-state index contributed by atoms with van der Waals surface area (Å²) in [5.41, 5.74) is -0.0453. The molecule has 0 aromatic heterocycles. The van der Waals surface area contributed by atoms with Crippen molar-refractivity contribution in [2.45, 2.75) is 45.1 Å². The maximum absolute atomic E-state index is 9.42. The lowest BCUT2D eigenvalue weighted by Crippen LogP contribution is -2.50. The Balaban J connectivity index is 2.44. The molecule has 0 heterocycles. The van der Waals surface area contributed by atoms with Crippen LogP contribution >= 0.6 is 0 Å². The molecule has 0 atom stereocenters. The number of rotatable bonds is 3. The second-order valence-electron chi connectivity index (χ2n) is 4.40. The van der Waals surface area contributed by atoms with Crippen LogP contribution in [0.15, 0.2) is 0 Å². The summed E-state index contributed by atoms with van der Waals surface area (Å²) in [7, 11) is 0. The van der Waals surface area contributed by atoms with E-state index in [0.29, 0.717) is 6.54 Å². The zero-order valence-corrected chi connectivity index (χ0v) is 9.27. The molecule has 0 spiro atoms. The van der Waals surface area contributed by atoms with Crippen LogP contribution in [0.4, 0.5) is 0 Å². The lowest BCUT2D eigenvalue weighted by Gasteiger charge is -2.38. The minimum absolute atomic E-state index is 0.0453. The first-order valence-corrected chi connectivity index (χ1v) is 5.48. The fourth-order valence-electron chi connectivity index (χ4n) is 2.03. The van der Waals surface area contributed by atoms with Crippen LogP contribution in [0.2, 0.25) is 0 Å². The molecule has 1 rings (SSSR count). The molecule has 80 valence electrons. The predicted octanol–water partition coefficient (Wildman–Crippen LogP) is 1.54. The van der Waals surface area contributed by atoms with Crippen LogP contribution in [-0.4, -0.2) is 23.8 Å². The normalized spacial score (nSPS) is 32.1. The summed E-state index contributed by atoms with van der Waals surface area (Å²) in [4.78, 5) is 0. The van der Waals surface area contributed by atoms with Gasteiger partial charge in [-0.25, -0.2) is 0 Å². The molecule has 0 radical (unpaired) electrons. The largest absolute Gasteiger partial charge is 0.394 e. The zero-order chi connectivity index (χ0) is 10.4. The summed E-state index contributed by atoms with van der Waals surface area (Å²) in [6.07, 6.45) is 4.59. The summed E-state index contributed by atoms with van der Waals surface area (Å²) in [6.45, 7) is 5.07. The molecule has 2 heteroatoms. The molecule has 0 aliphatic heterocycles. The molecule has 2 nitrogen and oxygen atoms in total. The van der Waals surface area contributed by atoms with Crippen LogP contribution in [0.25, 0.3) is 0 Å². The van der Waals surface area contributed by atoms with Gasteiger partial charge in [0.05, 0.1) is 13.2 Å². The van der Waals surface area contributed by atoms with Gasteiger partial charge in [-0.3, -0.25) is 5.32 Å². The highest BCUT2D eigenvalue weighted by Gasteiger charge is 2.32. The maximum atomic E-state index is 9.42. The van der Waals surface area contributed by atoms with Crippen molar-refractivity contribution in [2.75, 3.05) is 13.2 Å². The van der Waals surface area contributed by atoms with Gasteiger partial charge in [0.2, 0.25) is 0 Å². The maximum Gasteiger partial charge on any atom is 0.0613 e. The molecule has 0 aromatic rings. The molecule has 1 saturated carbocycles. The number of hydrogen-bond donors (Lipinski definition) is 2. The van der Waals surface area contributed by atoms with E-state index in [4.69, 9.17) is 0 Å². The molecule has 2 N–H and O–H groups in total. The second-order valence-corrected chi connectivity index (χ2v) is 4.40. The van der Waals surface area contributed by atoms with Crippen molar-refractivity contribution in [3.8, 4) is 11.8 Å². The Labute approximate surface area is 87.1 Å². The highest BCUT2D eigenvalue weighted by atomic mass is 16.3. The summed E-state index contributed by atoms with van der Waals surface area (Å²) < 4.78 is 0. The summed E-state index contributed by atoms with van der Waals surface area (Å²) >= 11 is 0. The number of aliphatic hydroxyl groups is 1. The molecule has 1 aliphatic rings. The summed E-state index contributed by atoms with van der Waals surface area (Å²) in [5.74, 6) is 6.67. The van der Waals surface area contributed by atoms with Gasteiger partial charge < -0.3 is 5.11 Å². The molecule has 14 heavy (non-hydrogen) atoms. The average molecular weight is 195 g/mol. The summed E-state index contributed by atoms with van der Waals surface area (Å²) in [5, 5.41) is 12.8. The highest BCUT2D eigenvalue weighted by Crippen LogP contribution is 2.31. The fourth-order valence-corrected chi connectivity index (χ4v) is 2.03. The molecular formula is C12H21NO. The van der Waals surface area contributed by atoms with Crippen LogP contribution in [0.3, 0.4) is 0 Å².